The number of benzene rings is 2. The number of ether oxygens (including phenoxy) is 3. The predicted molar refractivity (Wildman–Crippen MR) is 109 cm³/mol. The Hall–Kier alpha value is -2.70. The number of pyridine rings is 1. The second kappa shape index (κ2) is 7.61. The summed E-state index contributed by atoms with van der Waals surface area (Å²) in [6.45, 7) is 3.33. The molecule has 0 atom stereocenters. The minimum absolute atomic E-state index is 0.262. The van der Waals surface area contributed by atoms with Crippen molar-refractivity contribution in [1.82, 2.24) is 4.98 Å². The highest BCUT2D eigenvalue weighted by Crippen LogP contribution is 2.34. The van der Waals surface area contributed by atoms with Crippen LogP contribution in [0.15, 0.2) is 54.6 Å². The molecule has 6 heteroatoms. The molecule has 5 rings (SSSR count). The molecule has 0 radical (unpaired) electrons. The van der Waals surface area contributed by atoms with Crippen LogP contribution in [-0.4, -0.2) is 37.1 Å². The van der Waals surface area contributed by atoms with E-state index in [0.29, 0.717) is 25.6 Å². The molecule has 0 aliphatic carbocycles. The summed E-state index contributed by atoms with van der Waals surface area (Å²) in [5, 5.41) is 1.02. The monoisotopic (exact) mass is 394 g/mol. The largest absolute Gasteiger partial charge is 0.487 e. The Morgan fingerprint density at radius 2 is 1.79 bits per heavy atom. The number of anilines is 1. The van der Waals surface area contributed by atoms with Crippen LogP contribution in [0.25, 0.3) is 10.9 Å². The standard InChI is InChI=1S/C23H23FN2O3/c24-19-5-1-3-17(15-19)16-27-20-6-2-4-18-7-8-21(25-22(18)20)26-11-9-23(10-12-26)28-13-14-29-23/h1-8,15H,9-14,16H2. The summed E-state index contributed by atoms with van der Waals surface area (Å²) in [4.78, 5) is 7.15. The first-order valence-corrected chi connectivity index (χ1v) is 10.0. The van der Waals surface area contributed by atoms with E-state index in [2.05, 4.69) is 11.0 Å². The lowest BCUT2D eigenvalue weighted by Crippen LogP contribution is -2.45. The van der Waals surface area contributed by atoms with Gasteiger partial charge < -0.3 is 19.1 Å². The van der Waals surface area contributed by atoms with E-state index in [1.165, 1.54) is 12.1 Å². The number of hydrogen-bond acceptors (Lipinski definition) is 5. The van der Waals surface area contributed by atoms with E-state index >= 15 is 0 Å². The van der Waals surface area contributed by atoms with Crippen molar-refractivity contribution in [2.45, 2.75) is 25.2 Å². The molecule has 1 aromatic heterocycles. The van der Waals surface area contributed by atoms with E-state index in [4.69, 9.17) is 19.2 Å². The molecule has 2 aliphatic rings. The van der Waals surface area contributed by atoms with Crippen LogP contribution in [0, 0.1) is 5.82 Å². The average molecular weight is 394 g/mol. The molecule has 3 heterocycles. The Balaban J connectivity index is 1.36. The van der Waals surface area contributed by atoms with Gasteiger partial charge in [0.25, 0.3) is 0 Å². The third kappa shape index (κ3) is 3.78. The molecule has 5 nitrogen and oxygen atoms in total. The second-order valence-electron chi connectivity index (χ2n) is 7.51. The van der Waals surface area contributed by atoms with Crippen LogP contribution >= 0.6 is 0 Å². The topological polar surface area (TPSA) is 43.8 Å². The van der Waals surface area contributed by atoms with Crippen molar-refractivity contribution in [3.63, 3.8) is 0 Å². The quantitative estimate of drug-likeness (QED) is 0.660. The highest BCUT2D eigenvalue weighted by atomic mass is 19.1. The Morgan fingerprint density at radius 3 is 2.59 bits per heavy atom. The third-order valence-corrected chi connectivity index (χ3v) is 5.61. The molecule has 0 unspecified atom stereocenters. The normalized spacial score (nSPS) is 18.4. The van der Waals surface area contributed by atoms with E-state index < -0.39 is 5.79 Å². The van der Waals surface area contributed by atoms with Gasteiger partial charge in [0.05, 0.1) is 13.2 Å². The molecule has 2 fully saturated rings. The first-order valence-electron chi connectivity index (χ1n) is 10.0. The summed E-state index contributed by atoms with van der Waals surface area (Å²) in [7, 11) is 0. The van der Waals surface area contributed by atoms with E-state index in [1.807, 2.05) is 30.3 Å². The van der Waals surface area contributed by atoms with Crippen molar-refractivity contribution < 1.29 is 18.6 Å². The molecule has 0 bridgehead atoms. The van der Waals surface area contributed by atoms with Gasteiger partial charge in [0.15, 0.2) is 5.79 Å². The average Bonchev–Trinajstić information content (AvgIpc) is 3.20. The molecule has 2 aromatic carbocycles. The molecule has 0 saturated carbocycles. The van der Waals surface area contributed by atoms with Crippen LogP contribution < -0.4 is 9.64 Å². The summed E-state index contributed by atoms with van der Waals surface area (Å²) < 4.78 is 31.1. The van der Waals surface area contributed by atoms with Crippen LogP contribution in [0.2, 0.25) is 0 Å². The zero-order valence-corrected chi connectivity index (χ0v) is 16.1. The molecular formula is C23H23FN2O3. The predicted octanol–water partition coefficient (Wildman–Crippen LogP) is 4.30. The van der Waals surface area contributed by atoms with Crippen molar-refractivity contribution in [3.05, 3.63) is 66.0 Å². The van der Waals surface area contributed by atoms with Crippen LogP contribution in [0.3, 0.4) is 0 Å². The van der Waals surface area contributed by atoms with Gasteiger partial charge >= 0.3 is 0 Å². The maximum absolute atomic E-state index is 13.4. The van der Waals surface area contributed by atoms with Gasteiger partial charge in [-0.1, -0.05) is 24.3 Å². The first-order chi connectivity index (χ1) is 14.2. The van der Waals surface area contributed by atoms with Crippen molar-refractivity contribution in [2.24, 2.45) is 0 Å². The van der Waals surface area contributed by atoms with Crippen molar-refractivity contribution in [3.8, 4) is 5.75 Å². The Labute approximate surface area is 169 Å². The maximum Gasteiger partial charge on any atom is 0.171 e. The van der Waals surface area contributed by atoms with Crippen LogP contribution in [-0.2, 0) is 16.1 Å². The van der Waals surface area contributed by atoms with Crippen molar-refractivity contribution in [2.75, 3.05) is 31.2 Å². The minimum atomic E-state index is -0.396. The van der Waals surface area contributed by atoms with Gasteiger partial charge in [-0.05, 0) is 35.9 Å². The maximum atomic E-state index is 13.4. The smallest absolute Gasteiger partial charge is 0.171 e. The van der Waals surface area contributed by atoms with Gasteiger partial charge in [0, 0.05) is 31.3 Å². The molecule has 0 N–H and O–H groups in total. The zero-order valence-electron chi connectivity index (χ0n) is 16.1. The van der Waals surface area contributed by atoms with Gasteiger partial charge in [-0.25, -0.2) is 9.37 Å². The van der Waals surface area contributed by atoms with Gasteiger partial charge in [0.2, 0.25) is 0 Å². The summed E-state index contributed by atoms with van der Waals surface area (Å²) in [6, 6.07) is 16.5. The number of fused-ring (bicyclic) bond motifs is 1. The van der Waals surface area contributed by atoms with E-state index in [9.17, 15) is 4.39 Å². The fraction of sp³-hybridized carbons (Fsp3) is 0.348. The highest BCUT2D eigenvalue weighted by molar-refractivity contribution is 5.86. The molecule has 150 valence electrons. The number of nitrogens with zero attached hydrogens (tertiary/aromatic N) is 2. The van der Waals surface area contributed by atoms with Gasteiger partial charge in [0.1, 0.15) is 29.5 Å². The molecule has 0 amide bonds. The van der Waals surface area contributed by atoms with E-state index in [1.54, 1.807) is 6.07 Å². The third-order valence-electron chi connectivity index (χ3n) is 5.61. The van der Waals surface area contributed by atoms with Gasteiger partial charge in [-0.15, -0.1) is 0 Å². The molecule has 1 spiro atoms. The second-order valence-corrected chi connectivity index (χ2v) is 7.51. The first kappa shape index (κ1) is 18.3. The lowest BCUT2D eigenvalue weighted by atomic mass is 10.0. The van der Waals surface area contributed by atoms with E-state index in [0.717, 1.165) is 48.2 Å². The fourth-order valence-electron chi connectivity index (χ4n) is 4.05. The molecule has 2 saturated heterocycles. The van der Waals surface area contributed by atoms with Crippen LogP contribution in [0.5, 0.6) is 5.75 Å². The number of piperidine rings is 1. The molecule has 29 heavy (non-hydrogen) atoms. The van der Waals surface area contributed by atoms with Gasteiger partial charge in [-0.3, -0.25) is 0 Å². The summed E-state index contributed by atoms with van der Waals surface area (Å²) in [5.74, 6) is 0.964. The van der Waals surface area contributed by atoms with Crippen molar-refractivity contribution >= 4 is 16.7 Å². The summed E-state index contributed by atoms with van der Waals surface area (Å²) in [6.07, 6.45) is 1.68. The molecule has 2 aliphatic heterocycles. The molecular weight excluding hydrogens is 371 g/mol. The van der Waals surface area contributed by atoms with Crippen LogP contribution in [0.1, 0.15) is 18.4 Å². The SMILES string of the molecule is Fc1cccc(COc2cccc3ccc(N4CCC5(CC4)OCCO5)nc23)c1. The number of hydrogen-bond donors (Lipinski definition) is 0. The number of rotatable bonds is 4. The Bertz CT molecular complexity index is 1010. The lowest BCUT2D eigenvalue weighted by molar-refractivity contribution is -0.169. The van der Waals surface area contributed by atoms with E-state index in [-0.39, 0.29) is 5.82 Å². The van der Waals surface area contributed by atoms with Crippen molar-refractivity contribution in [1.29, 1.82) is 0 Å². The Kier molecular flexibility index (Phi) is 4.81. The minimum Gasteiger partial charge on any atom is -0.487 e. The zero-order chi connectivity index (χ0) is 19.7. The van der Waals surface area contributed by atoms with Gasteiger partial charge in [-0.2, -0.15) is 0 Å². The number of aromatic nitrogens is 1. The van der Waals surface area contributed by atoms with Crippen LogP contribution in [0.4, 0.5) is 10.2 Å². The summed E-state index contributed by atoms with van der Waals surface area (Å²) >= 11 is 0. The number of halogens is 1. The molecule has 3 aromatic rings. The summed E-state index contributed by atoms with van der Waals surface area (Å²) in [5.41, 5.74) is 1.60. The lowest BCUT2D eigenvalue weighted by Gasteiger charge is -2.38. The highest BCUT2D eigenvalue weighted by Gasteiger charge is 2.40. The fourth-order valence-corrected chi connectivity index (χ4v) is 4.05. The Morgan fingerprint density at radius 1 is 1.00 bits per heavy atom. The number of para-hydroxylation sites is 1.